The van der Waals surface area contributed by atoms with E-state index < -0.39 is 0 Å². The average Bonchev–Trinajstić information content (AvgIpc) is 3.42. The SMILES string of the molecule is Cc1onc(-c2ccccc2)c1-c1cn2cc(N)ccc2n1.Cc1onc(-c2ccccc2)c1-c1cn2cc(NC(=O)CC3CC3)ccc2n1. The molecule has 0 atom stereocenters. The minimum Gasteiger partial charge on any atom is -0.398 e. The Labute approximate surface area is 287 Å². The highest BCUT2D eigenvalue weighted by Crippen LogP contribution is 2.36. The molecule has 0 radical (unpaired) electrons. The van der Waals surface area contributed by atoms with Gasteiger partial charge in [0.15, 0.2) is 0 Å². The molecule has 1 saturated carbocycles. The normalized spacial score (nSPS) is 12.6. The molecule has 50 heavy (non-hydrogen) atoms. The Bertz CT molecular complexity index is 2450. The highest BCUT2D eigenvalue weighted by molar-refractivity contribution is 5.91. The number of nitrogens with zero attached hydrogens (tertiary/aromatic N) is 6. The molecule has 0 spiro atoms. The van der Waals surface area contributed by atoms with Gasteiger partial charge >= 0.3 is 0 Å². The number of carbonyl (C=O) groups excluding carboxylic acids is 1. The van der Waals surface area contributed by atoms with Gasteiger partial charge in [-0.25, -0.2) is 9.97 Å². The molecular formula is C39H34N8O3. The van der Waals surface area contributed by atoms with E-state index in [1.807, 2.05) is 132 Å². The van der Waals surface area contributed by atoms with Crippen molar-refractivity contribution in [2.45, 2.75) is 33.1 Å². The number of amides is 1. The molecule has 0 bridgehead atoms. The number of nitrogens with one attached hydrogen (secondary N) is 1. The summed E-state index contributed by atoms with van der Waals surface area (Å²) in [5.41, 5.74) is 15.9. The second-order valence-corrected chi connectivity index (χ2v) is 12.5. The highest BCUT2D eigenvalue weighted by Gasteiger charge is 2.25. The minimum atomic E-state index is 0.0726. The number of hydrogen-bond acceptors (Lipinski definition) is 8. The number of nitrogens with two attached hydrogens (primary N) is 1. The van der Waals surface area contributed by atoms with E-state index in [0.717, 1.165) is 73.5 Å². The van der Waals surface area contributed by atoms with Crippen LogP contribution in [0.3, 0.4) is 0 Å². The maximum atomic E-state index is 12.1. The van der Waals surface area contributed by atoms with Gasteiger partial charge < -0.3 is 28.9 Å². The van der Waals surface area contributed by atoms with Crippen LogP contribution in [0.4, 0.5) is 11.4 Å². The molecule has 3 N–H and O–H groups in total. The van der Waals surface area contributed by atoms with Gasteiger partial charge in [0.25, 0.3) is 0 Å². The van der Waals surface area contributed by atoms with Crippen molar-refractivity contribution in [1.29, 1.82) is 0 Å². The van der Waals surface area contributed by atoms with Gasteiger partial charge in [-0.15, -0.1) is 0 Å². The third-order valence-corrected chi connectivity index (χ3v) is 8.71. The van der Waals surface area contributed by atoms with Gasteiger partial charge in [0.05, 0.1) is 28.2 Å². The largest absolute Gasteiger partial charge is 0.398 e. The number of anilines is 2. The second-order valence-electron chi connectivity index (χ2n) is 12.5. The van der Waals surface area contributed by atoms with Crippen LogP contribution >= 0.6 is 0 Å². The quantitative estimate of drug-likeness (QED) is 0.174. The van der Waals surface area contributed by atoms with Gasteiger partial charge in [0, 0.05) is 48.0 Å². The average molecular weight is 663 g/mol. The molecular weight excluding hydrogens is 628 g/mol. The summed E-state index contributed by atoms with van der Waals surface area (Å²) in [6.45, 7) is 3.79. The molecule has 0 saturated heterocycles. The number of rotatable bonds is 7. The number of carbonyl (C=O) groups is 1. The molecule has 11 nitrogen and oxygen atoms in total. The molecule has 1 aliphatic rings. The Morgan fingerprint density at radius 2 is 1.24 bits per heavy atom. The molecule has 248 valence electrons. The predicted molar refractivity (Wildman–Crippen MR) is 192 cm³/mol. The Kier molecular flexibility index (Phi) is 7.92. The summed E-state index contributed by atoms with van der Waals surface area (Å²) >= 11 is 0. The van der Waals surface area contributed by atoms with Gasteiger partial charge in [0.2, 0.25) is 5.91 Å². The lowest BCUT2D eigenvalue weighted by Gasteiger charge is -2.04. The molecule has 11 heteroatoms. The lowest BCUT2D eigenvalue weighted by Crippen LogP contribution is -2.12. The van der Waals surface area contributed by atoms with E-state index in [1.54, 1.807) is 0 Å². The van der Waals surface area contributed by atoms with E-state index in [-0.39, 0.29) is 5.91 Å². The molecule has 0 unspecified atom stereocenters. The van der Waals surface area contributed by atoms with Crippen LogP contribution in [-0.4, -0.2) is 35.0 Å². The third kappa shape index (κ3) is 6.24. The molecule has 8 aromatic rings. The van der Waals surface area contributed by atoms with E-state index >= 15 is 0 Å². The summed E-state index contributed by atoms with van der Waals surface area (Å²) in [4.78, 5) is 21.5. The van der Waals surface area contributed by atoms with Crippen LogP contribution in [0.2, 0.25) is 0 Å². The summed E-state index contributed by atoms with van der Waals surface area (Å²) in [6.07, 6.45) is 10.6. The summed E-state index contributed by atoms with van der Waals surface area (Å²) in [7, 11) is 0. The van der Waals surface area contributed by atoms with Crippen LogP contribution < -0.4 is 11.1 Å². The molecule has 6 heterocycles. The number of nitrogen functional groups attached to an aromatic ring is 1. The zero-order chi connectivity index (χ0) is 34.2. The van der Waals surface area contributed by atoms with Crippen molar-refractivity contribution in [1.82, 2.24) is 29.1 Å². The number of aryl methyl sites for hydroxylation is 2. The number of imidazole rings is 2. The number of aromatic nitrogens is 6. The van der Waals surface area contributed by atoms with Crippen molar-refractivity contribution in [3.63, 3.8) is 0 Å². The molecule has 9 rings (SSSR count). The second kappa shape index (κ2) is 12.8. The number of hydrogen-bond donors (Lipinski definition) is 2. The first-order chi connectivity index (χ1) is 24.4. The van der Waals surface area contributed by atoms with E-state index in [2.05, 4.69) is 20.6 Å². The monoisotopic (exact) mass is 662 g/mol. The first kappa shape index (κ1) is 30.8. The summed E-state index contributed by atoms with van der Waals surface area (Å²) in [6, 6.07) is 27.4. The van der Waals surface area contributed by atoms with Crippen molar-refractivity contribution < 1.29 is 13.8 Å². The standard InChI is InChI=1S/C22H20N4O2.C17H14N4O/c1-14-21(22(25-28-14)16-5-3-2-4-6-16)18-13-26-12-17(9-10-19(26)24-18)23-20(27)11-15-7-8-15;1-11-16(17(20-22-11)12-5-3-2-4-6-12)14-10-21-9-13(18)7-8-15(21)19-14/h2-6,9-10,12-13,15H,7-8,11H2,1H3,(H,23,27);2-10H,18H2,1H3. The molecule has 6 aromatic heterocycles. The summed E-state index contributed by atoms with van der Waals surface area (Å²) in [5, 5.41) is 11.4. The van der Waals surface area contributed by atoms with Crippen molar-refractivity contribution in [2.75, 3.05) is 11.1 Å². The van der Waals surface area contributed by atoms with Gasteiger partial charge in [-0.1, -0.05) is 71.0 Å². The first-order valence-electron chi connectivity index (χ1n) is 16.5. The van der Waals surface area contributed by atoms with Crippen molar-refractivity contribution in [3.05, 3.63) is 121 Å². The minimum absolute atomic E-state index is 0.0726. The van der Waals surface area contributed by atoms with E-state index in [0.29, 0.717) is 18.0 Å². The predicted octanol–water partition coefficient (Wildman–Crippen LogP) is 8.25. The van der Waals surface area contributed by atoms with Crippen molar-refractivity contribution >= 4 is 28.6 Å². The topological polar surface area (TPSA) is 142 Å². The van der Waals surface area contributed by atoms with Crippen molar-refractivity contribution in [3.8, 4) is 45.0 Å². The van der Waals surface area contributed by atoms with Gasteiger partial charge in [0.1, 0.15) is 34.2 Å². The number of pyridine rings is 2. The van der Waals surface area contributed by atoms with Crippen LogP contribution in [-0.2, 0) is 4.79 Å². The Hall–Kier alpha value is -6.49. The fourth-order valence-corrected chi connectivity index (χ4v) is 6.05. The van der Waals surface area contributed by atoms with E-state index in [4.69, 9.17) is 19.8 Å². The molecule has 0 aliphatic heterocycles. The molecule has 1 aliphatic carbocycles. The van der Waals surface area contributed by atoms with Crippen molar-refractivity contribution in [2.24, 2.45) is 5.92 Å². The molecule has 1 amide bonds. The van der Waals surface area contributed by atoms with E-state index in [9.17, 15) is 4.79 Å². The number of benzene rings is 2. The Balaban J connectivity index is 0.000000149. The highest BCUT2D eigenvalue weighted by atomic mass is 16.5. The van der Waals surface area contributed by atoms with Crippen LogP contribution in [0.15, 0.2) is 119 Å². The third-order valence-electron chi connectivity index (χ3n) is 8.71. The fourth-order valence-electron chi connectivity index (χ4n) is 6.05. The van der Waals surface area contributed by atoms with Gasteiger partial charge in [-0.05, 0) is 56.9 Å². The molecule has 2 aromatic carbocycles. The zero-order valence-corrected chi connectivity index (χ0v) is 27.6. The van der Waals surface area contributed by atoms with Crippen LogP contribution in [0, 0.1) is 19.8 Å². The summed E-state index contributed by atoms with van der Waals surface area (Å²) < 4.78 is 14.7. The molecule has 1 fully saturated rings. The van der Waals surface area contributed by atoms with Crippen LogP contribution in [0.5, 0.6) is 0 Å². The van der Waals surface area contributed by atoms with Crippen LogP contribution in [0.25, 0.3) is 56.3 Å². The summed E-state index contributed by atoms with van der Waals surface area (Å²) in [5.74, 6) is 2.11. The Morgan fingerprint density at radius 3 is 1.78 bits per heavy atom. The fraction of sp³-hybridized carbons (Fsp3) is 0.154. The maximum absolute atomic E-state index is 12.1. The Morgan fingerprint density at radius 1 is 0.720 bits per heavy atom. The van der Waals surface area contributed by atoms with Gasteiger partial charge in [-0.2, -0.15) is 0 Å². The van der Waals surface area contributed by atoms with Gasteiger partial charge in [-0.3, -0.25) is 4.79 Å². The lowest BCUT2D eigenvalue weighted by molar-refractivity contribution is -0.116. The maximum Gasteiger partial charge on any atom is 0.224 e. The zero-order valence-electron chi connectivity index (χ0n) is 27.6. The number of fused-ring (bicyclic) bond motifs is 2. The smallest absolute Gasteiger partial charge is 0.224 e. The lowest BCUT2D eigenvalue weighted by atomic mass is 10.0. The van der Waals surface area contributed by atoms with E-state index in [1.165, 1.54) is 12.8 Å². The first-order valence-corrected chi connectivity index (χ1v) is 16.5. The van der Waals surface area contributed by atoms with Crippen LogP contribution in [0.1, 0.15) is 30.8 Å².